The Morgan fingerprint density at radius 2 is 1.60 bits per heavy atom. The minimum atomic E-state index is -0.917. The van der Waals surface area contributed by atoms with Gasteiger partial charge in [-0.2, -0.15) is 5.26 Å². The zero-order chi connectivity index (χ0) is 32.3. The summed E-state index contributed by atoms with van der Waals surface area (Å²) in [6.07, 6.45) is 3.85. The lowest BCUT2D eigenvalue weighted by molar-refractivity contribution is -0.130. The SMILES string of the molecule is CCc1nnc(C2(CCNCC(=O)N3CCC[C@H]3C#N)c3ccc(C(=O)N(C)C)cc3CCc3cc(C(=O)N(C)C)ccc32)o1. The smallest absolute Gasteiger partial charge is 0.253 e. The average Bonchev–Trinajstić information content (AvgIpc) is 3.71. The summed E-state index contributed by atoms with van der Waals surface area (Å²) >= 11 is 0. The first kappa shape index (κ1) is 31.9. The molecule has 1 saturated heterocycles. The molecule has 1 N–H and O–H groups in total. The molecule has 0 spiro atoms. The molecule has 1 aliphatic heterocycles. The van der Waals surface area contributed by atoms with Crippen LogP contribution in [0.2, 0.25) is 0 Å². The van der Waals surface area contributed by atoms with E-state index in [1.54, 1.807) is 42.9 Å². The van der Waals surface area contributed by atoms with E-state index in [1.807, 2.05) is 43.3 Å². The van der Waals surface area contributed by atoms with E-state index in [1.165, 1.54) is 0 Å². The van der Waals surface area contributed by atoms with Crippen LogP contribution in [0.4, 0.5) is 0 Å². The Bertz CT molecular complexity index is 1570. The minimum Gasteiger partial charge on any atom is -0.424 e. The van der Waals surface area contributed by atoms with Crippen molar-refractivity contribution in [1.29, 1.82) is 5.26 Å². The predicted octanol–water partition coefficient (Wildman–Crippen LogP) is 2.96. The molecular formula is C34H41N7O4. The lowest BCUT2D eigenvalue weighted by Crippen LogP contribution is -2.42. The number of nitrogens with zero attached hydrogens (tertiary/aromatic N) is 6. The van der Waals surface area contributed by atoms with Gasteiger partial charge in [0.1, 0.15) is 11.5 Å². The van der Waals surface area contributed by atoms with Gasteiger partial charge in [0.05, 0.1) is 12.6 Å². The molecule has 0 unspecified atom stereocenters. The average molecular weight is 612 g/mol. The maximum absolute atomic E-state index is 13.0. The van der Waals surface area contributed by atoms with Crippen molar-refractivity contribution in [3.63, 3.8) is 0 Å². The highest BCUT2D eigenvalue weighted by atomic mass is 16.4. The number of carbonyl (C=O) groups excluding carboxylic acids is 3. The standard InChI is InChI=1S/C34H41N7O4/c1-6-29-37-38-33(45-29)34(15-16-36-21-30(42)41-17-7-8-26(41)20-35)27-13-11-24(31(43)39(2)3)18-22(27)9-10-23-19-25(12-14-28(23)34)32(44)40(4)5/h11-14,18-19,26,36H,6-10,15-17,21H2,1-5H3/t26-/m0/s1. The van der Waals surface area contributed by atoms with E-state index in [-0.39, 0.29) is 30.3 Å². The zero-order valence-electron chi connectivity index (χ0n) is 26.7. The maximum atomic E-state index is 13.0. The van der Waals surface area contributed by atoms with Crippen LogP contribution in [0.25, 0.3) is 0 Å². The van der Waals surface area contributed by atoms with Gasteiger partial charge in [0.15, 0.2) is 0 Å². The van der Waals surface area contributed by atoms with Gasteiger partial charge in [-0.05, 0) is 85.2 Å². The van der Waals surface area contributed by atoms with Gasteiger partial charge >= 0.3 is 0 Å². The van der Waals surface area contributed by atoms with Gasteiger partial charge in [-0.3, -0.25) is 14.4 Å². The van der Waals surface area contributed by atoms with Crippen molar-refractivity contribution < 1.29 is 18.8 Å². The molecule has 3 amide bonds. The molecule has 5 rings (SSSR count). The van der Waals surface area contributed by atoms with E-state index >= 15 is 0 Å². The summed E-state index contributed by atoms with van der Waals surface area (Å²) in [5, 5.41) is 21.7. The Morgan fingerprint density at radius 3 is 2.11 bits per heavy atom. The zero-order valence-corrected chi connectivity index (χ0v) is 26.7. The maximum Gasteiger partial charge on any atom is 0.253 e. The summed E-state index contributed by atoms with van der Waals surface area (Å²) in [5.74, 6) is 0.662. The summed E-state index contributed by atoms with van der Waals surface area (Å²) in [7, 11) is 6.93. The van der Waals surface area contributed by atoms with Crippen LogP contribution in [0.1, 0.15) is 80.9 Å². The molecule has 0 radical (unpaired) electrons. The first-order valence-electron chi connectivity index (χ1n) is 15.5. The number of nitriles is 1. The minimum absolute atomic E-state index is 0.0900. The fraction of sp³-hybridized carbons (Fsp3) is 0.471. The number of likely N-dealkylation sites (tertiary alicyclic amines) is 1. The summed E-state index contributed by atoms with van der Waals surface area (Å²) < 4.78 is 6.35. The third-order valence-electron chi connectivity index (χ3n) is 8.91. The molecule has 3 aromatic rings. The molecular weight excluding hydrogens is 570 g/mol. The Morgan fingerprint density at radius 1 is 1.00 bits per heavy atom. The van der Waals surface area contributed by atoms with Crippen molar-refractivity contribution in [2.75, 3.05) is 47.8 Å². The molecule has 1 aromatic heterocycles. The number of hydrogen-bond acceptors (Lipinski definition) is 8. The molecule has 11 nitrogen and oxygen atoms in total. The predicted molar refractivity (Wildman–Crippen MR) is 168 cm³/mol. The molecule has 0 saturated carbocycles. The first-order valence-corrected chi connectivity index (χ1v) is 15.5. The highest BCUT2D eigenvalue weighted by Crippen LogP contribution is 2.47. The van der Waals surface area contributed by atoms with Crippen LogP contribution in [-0.2, 0) is 29.5 Å². The number of fused-ring (bicyclic) bond motifs is 2. The van der Waals surface area contributed by atoms with Crippen LogP contribution >= 0.6 is 0 Å². The van der Waals surface area contributed by atoms with Crippen LogP contribution in [0, 0.1) is 11.3 Å². The second kappa shape index (κ2) is 13.2. The monoisotopic (exact) mass is 611 g/mol. The van der Waals surface area contributed by atoms with Crippen molar-refractivity contribution in [2.24, 2.45) is 0 Å². The lowest BCUT2D eigenvalue weighted by atomic mass is 9.69. The van der Waals surface area contributed by atoms with E-state index in [0.29, 0.717) is 68.1 Å². The fourth-order valence-electron chi connectivity index (χ4n) is 6.58. The van der Waals surface area contributed by atoms with Gasteiger partial charge in [0, 0.05) is 52.3 Å². The normalized spacial score (nSPS) is 16.7. The summed E-state index contributed by atoms with van der Waals surface area (Å²) in [4.78, 5) is 43.8. The molecule has 236 valence electrons. The summed E-state index contributed by atoms with van der Waals surface area (Å²) in [6.45, 7) is 3.07. The first-order chi connectivity index (χ1) is 21.6. The van der Waals surface area contributed by atoms with E-state index in [2.05, 4.69) is 21.6 Å². The Balaban J connectivity index is 1.61. The highest BCUT2D eigenvalue weighted by Gasteiger charge is 2.45. The third-order valence-corrected chi connectivity index (χ3v) is 8.91. The molecule has 11 heteroatoms. The van der Waals surface area contributed by atoms with Gasteiger partial charge < -0.3 is 24.4 Å². The molecule has 0 bridgehead atoms. The van der Waals surface area contributed by atoms with Gasteiger partial charge in [-0.15, -0.1) is 10.2 Å². The van der Waals surface area contributed by atoms with Gasteiger partial charge in [-0.1, -0.05) is 19.1 Å². The summed E-state index contributed by atoms with van der Waals surface area (Å²) in [5.41, 5.74) is 4.13. The number of aryl methyl sites for hydroxylation is 3. The Hall–Kier alpha value is -4.56. The van der Waals surface area contributed by atoms with E-state index in [4.69, 9.17) is 4.42 Å². The molecule has 1 atom stereocenters. The van der Waals surface area contributed by atoms with Gasteiger partial charge in [0.2, 0.25) is 17.7 Å². The van der Waals surface area contributed by atoms with E-state index < -0.39 is 5.41 Å². The fourth-order valence-corrected chi connectivity index (χ4v) is 6.58. The number of nitrogens with one attached hydrogen (secondary N) is 1. The highest BCUT2D eigenvalue weighted by molar-refractivity contribution is 5.95. The van der Waals surface area contributed by atoms with Crippen molar-refractivity contribution in [2.45, 2.75) is 56.9 Å². The summed E-state index contributed by atoms with van der Waals surface area (Å²) in [6, 6.07) is 13.4. The number of benzene rings is 2. The molecule has 1 aliphatic carbocycles. The second-order valence-electron chi connectivity index (χ2n) is 12.2. The second-order valence-corrected chi connectivity index (χ2v) is 12.2. The number of hydrogen-bond donors (Lipinski definition) is 1. The van der Waals surface area contributed by atoms with Crippen LogP contribution < -0.4 is 5.32 Å². The Kier molecular flexibility index (Phi) is 9.34. The number of rotatable bonds is 9. The van der Waals surface area contributed by atoms with Crippen LogP contribution in [0.5, 0.6) is 0 Å². The third kappa shape index (κ3) is 6.07. The molecule has 2 aromatic carbocycles. The van der Waals surface area contributed by atoms with Crippen molar-refractivity contribution in [3.8, 4) is 6.07 Å². The molecule has 2 aliphatic rings. The molecule has 45 heavy (non-hydrogen) atoms. The van der Waals surface area contributed by atoms with Crippen molar-refractivity contribution >= 4 is 17.7 Å². The number of aromatic nitrogens is 2. The van der Waals surface area contributed by atoms with Crippen molar-refractivity contribution in [1.82, 2.24) is 30.2 Å². The number of carbonyl (C=O) groups is 3. The van der Waals surface area contributed by atoms with Crippen LogP contribution in [-0.4, -0.2) is 96.5 Å². The van der Waals surface area contributed by atoms with E-state index in [9.17, 15) is 19.6 Å². The lowest BCUT2D eigenvalue weighted by Gasteiger charge is -2.34. The largest absolute Gasteiger partial charge is 0.424 e. The molecule has 2 heterocycles. The number of amides is 3. The van der Waals surface area contributed by atoms with Crippen LogP contribution in [0.3, 0.4) is 0 Å². The molecule has 1 fully saturated rings. The van der Waals surface area contributed by atoms with Crippen molar-refractivity contribution in [3.05, 3.63) is 81.6 Å². The van der Waals surface area contributed by atoms with Crippen LogP contribution in [0.15, 0.2) is 40.8 Å². The van der Waals surface area contributed by atoms with E-state index in [0.717, 1.165) is 28.7 Å². The quantitative estimate of drug-likeness (QED) is 0.365. The Labute approximate surface area is 264 Å². The topological polar surface area (TPSA) is 136 Å². The van der Waals surface area contributed by atoms with Gasteiger partial charge in [-0.25, -0.2) is 0 Å². The van der Waals surface area contributed by atoms with Gasteiger partial charge in [0.25, 0.3) is 11.8 Å².